The molecule has 0 aliphatic rings. The molecule has 3 aromatic rings. The van der Waals surface area contributed by atoms with Gasteiger partial charge in [0.05, 0.1) is 21.9 Å². The van der Waals surface area contributed by atoms with E-state index in [2.05, 4.69) is 9.97 Å². The topological polar surface area (TPSA) is 131 Å². The van der Waals surface area contributed by atoms with Crippen LogP contribution in [0, 0.1) is 10.1 Å². The Morgan fingerprint density at radius 3 is 2.71 bits per heavy atom. The number of amides is 1. The minimum atomic E-state index is -0.630. The second-order valence-electron chi connectivity index (χ2n) is 6.36. The zero-order chi connectivity index (χ0) is 20.6. The Balaban J connectivity index is 1.97. The summed E-state index contributed by atoms with van der Waals surface area (Å²) in [7, 11) is 3.02. The van der Waals surface area contributed by atoms with Crippen molar-refractivity contribution in [2.45, 2.75) is 13.0 Å². The molecule has 0 radical (unpaired) electrons. The molecule has 3 rings (SSSR count). The zero-order valence-corrected chi connectivity index (χ0v) is 15.4. The number of hydrogen-bond donors (Lipinski definition) is 1. The molecule has 10 nitrogen and oxygen atoms in total. The zero-order valence-electron chi connectivity index (χ0n) is 15.4. The Labute approximate surface area is 158 Å². The van der Waals surface area contributed by atoms with Crippen molar-refractivity contribution in [3.8, 4) is 0 Å². The van der Waals surface area contributed by atoms with Crippen LogP contribution in [0.1, 0.15) is 28.9 Å². The van der Waals surface area contributed by atoms with Gasteiger partial charge in [0.1, 0.15) is 5.65 Å². The monoisotopic (exact) mass is 383 g/mol. The molecule has 28 heavy (non-hydrogen) atoms. The molecule has 1 atom stereocenters. The van der Waals surface area contributed by atoms with E-state index in [0.29, 0.717) is 5.56 Å². The van der Waals surface area contributed by atoms with Crippen LogP contribution >= 0.6 is 0 Å². The van der Waals surface area contributed by atoms with Gasteiger partial charge in [-0.2, -0.15) is 0 Å². The molecule has 10 heteroatoms. The van der Waals surface area contributed by atoms with Gasteiger partial charge in [-0.3, -0.25) is 29.3 Å². The highest BCUT2D eigenvalue weighted by molar-refractivity contribution is 5.96. The van der Waals surface area contributed by atoms with E-state index in [1.54, 1.807) is 26.1 Å². The van der Waals surface area contributed by atoms with Crippen LogP contribution in [0.15, 0.2) is 46.1 Å². The molecule has 144 valence electrons. The first-order chi connectivity index (χ1) is 13.2. The number of aromatic amines is 1. The van der Waals surface area contributed by atoms with E-state index in [4.69, 9.17) is 0 Å². The van der Waals surface area contributed by atoms with Gasteiger partial charge in [-0.15, -0.1) is 0 Å². The number of H-pyrrole nitrogens is 1. The molecule has 0 saturated heterocycles. The molecule has 0 aliphatic carbocycles. The van der Waals surface area contributed by atoms with Crippen molar-refractivity contribution in [1.82, 2.24) is 19.4 Å². The average molecular weight is 383 g/mol. The maximum absolute atomic E-state index is 12.9. The summed E-state index contributed by atoms with van der Waals surface area (Å²) in [5.74, 6) is -0.415. The number of nitro benzene ring substituents is 1. The maximum atomic E-state index is 12.9. The van der Waals surface area contributed by atoms with Gasteiger partial charge in [-0.1, -0.05) is 12.1 Å². The van der Waals surface area contributed by atoms with Gasteiger partial charge in [-0.05, 0) is 18.6 Å². The van der Waals surface area contributed by atoms with Crippen LogP contribution in [0.3, 0.4) is 0 Å². The third-order valence-corrected chi connectivity index (χ3v) is 4.67. The predicted octanol–water partition coefficient (Wildman–Crippen LogP) is 1.36. The summed E-state index contributed by atoms with van der Waals surface area (Å²) in [5, 5.41) is 11.1. The smallest absolute Gasteiger partial charge is 0.329 e. The number of carbonyl (C=O) groups excluding carboxylic acids is 1. The standard InChI is InChI=1S/C18H17N5O5/c1-10(11-5-4-6-13(7-11)23(27)28)21(2)17(25)12-8-14-15(19-9-12)22(3)18(26)20-16(14)24/h4-10H,1-3H3,(H,20,24,26). The first-order valence-electron chi connectivity index (χ1n) is 8.31. The molecule has 0 spiro atoms. The number of pyridine rings is 1. The number of rotatable bonds is 4. The second kappa shape index (κ2) is 7.06. The summed E-state index contributed by atoms with van der Waals surface area (Å²) < 4.78 is 1.18. The summed E-state index contributed by atoms with van der Waals surface area (Å²) >= 11 is 0. The largest absolute Gasteiger partial charge is 0.335 e. The number of aryl methyl sites for hydroxylation is 1. The van der Waals surface area contributed by atoms with E-state index in [1.165, 1.54) is 40.9 Å². The molecular formula is C18H17N5O5. The highest BCUT2D eigenvalue weighted by atomic mass is 16.6. The maximum Gasteiger partial charge on any atom is 0.329 e. The number of aromatic nitrogens is 3. The Morgan fingerprint density at radius 2 is 2.04 bits per heavy atom. The van der Waals surface area contributed by atoms with Crippen molar-refractivity contribution in [3.05, 3.63) is 78.6 Å². The van der Waals surface area contributed by atoms with Crippen LogP contribution in [0.4, 0.5) is 5.69 Å². The van der Waals surface area contributed by atoms with Crippen LogP contribution in [-0.4, -0.2) is 37.3 Å². The minimum absolute atomic E-state index is 0.0648. The molecule has 0 bridgehead atoms. The molecule has 0 saturated carbocycles. The van der Waals surface area contributed by atoms with E-state index in [0.717, 1.165) is 0 Å². The molecular weight excluding hydrogens is 366 g/mol. The lowest BCUT2D eigenvalue weighted by Crippen LogP contribution is -2.31. The Morgan fingerprint density at radius 1 is 1.32 bits per heavy atom. The third kappa shape index (κ3) is 3.27. The summed E-state index contributed by atoms with van der Waals surface area (Å²) in [4.78, 5) is 54.7. The molecule has 1 amide bonds. The fourth-order valence-electron chi connectivity index (χ4n) is 2.85. The number of carbonyl (C=O) groups is 1. The predicted molar refractivity (Wildman–Crippen MR) is 101 cm³/mol. The van der Waals surface area contributed by atoms with Crippen LogP contribution in [0.25, 0.3) is 11.0 Å². The number of benzene rings is 1. The van der Waals surface area contributed by atoms with Crippen molar-refractivity contribution in [1.29, 1.82) is 0 Å². The van der Waals surface area contributed by atoms with Gasteiger partial charge in [0.25, 0.3) is 17.2 Å². The lowest BCUT2D eigenvalue weighted by atomic mass is 10.1. The van der Waals surface area contributed by atoms with Crippen LogP contribution in [0.2, 0.25) is 0 Å². The SMILES string of the molecule is CC(c1cccc([N+](=O)[O-])c1)N(C)C(=O)c1cnc2c(c1)c(=O)[nH]c(=O)n2C. The highest BCUT2D eigenvalue weighted by Gasteiger charge is 2.21. The number of fused-ring (bicyclic) bond motifs is 1. The molecule has 1 N–H and O–H groups in total. The van der Waals surface area contributed by atoms with E-state index < -0.39 is 28.1 Å². The van der Waals surface area contributed by atoms with E-state index >= 15 is 0 Å². The van der Waals surface area contributed by atoms with Crippen molar-refractivity contribution >= 4 is 22.6 Å². The van der Waals surface area contributed by atoms with Crippen molar-refractivity contribution in [2.75, 3.05) is 7.05 Å². The second-order valence-corrected chi connectivity index (χ2v) is 6.36. The quantitative estimate of drug-likeness (QED) is 0.535. The average Bonchev–Trinajstić information content (AvgIpc) is 2.70. The summed E-state index contributed by atoms with van der Waals surface area (Å²) in [6.07, 6.45) is 1.29. The number of nitro groups is 1. The summed E-state index contributed by atoms with van der Waals surface area (Å²) in [6.45, 7) is 1.74. The fourth-order valence-corrected chi connectivity index (χ4v) is 2.85. The van der Waals surface area contributed by atoms with Gasteiger partial charge in [0.2, 0.25) is 0 Å². The third-order valence-electron chi connectivity index (χ3n) is 4.67. The first-order valence-corrected chi connectivity index (χ1v) is 8.31. The van der Waals surface area contributed by atoms with E-state index in [-0.39, 0.29) is 22.3 Å². The molecule has 2 heterocycles. The Kier molecular flexibility index (Phi) is 4.78. The van der Waals surface area contributed by atoms with Crippen molar-refractivity contribution in [2.24, 2.45) is 7.05 Å². The van der Waals surface area contributed by atoms with Crippen LogP contribution < -0.4 is 11.2 Å². The van der Waals surface area contributed by atoms with Gasteiger partial charge < -0.3 is 4.90 Å². The minimum Gasteiger partial charge on any atom is -0.335 e. The summed E-state index contributed by atoms with van der Waals surface area (Å²) in [6, 6.07) is 6.96. The Bertz CT molecular complexity index is 1210. The van der Waals surface area contributed by atoms with Crippen LogP contribution in [0.5, 0.6) is 0 Å². The molecule has 0 aliphatic heterocycles. The van der Waals surface area contributed by atoms with E-state index in [1.807, 2.05) is 0 Å². The highest BCUT2D eigenvalue weighted by Crippen LogP contribution is 2.24. The lowest BCUT2D eigenvalue weighted by Gasteiger charge is -2.25. The van der Waals surface area contributed by atoms with Gasteiger partial charge in [0, 0.05) is 32.4 Å². The van der Waals surface area contributed by atoms with Gasteiger partial charge >= 0.3 is 5.69 Å². The fraction of sp³-hybridized carbons (Fsp3) is 0.222. The molecule has 1 unspecified atom stereocenters. The molecule has 0 fully saturated rings. The summed E-state index contributed by atoms with van der Waals surface area (Å²) in [5.41, 5.74) is -0.365. The van der Waals surface area contributed by atoms with Crippen molar-refractivity contribution < 1.29 is 9.72 Å². The van der Waals surface area contributed by atoms with Crippen LogP contribution in [-0.2, 0) is 7.05 Å². The van der Waals surface area contributed by atoms with E-state index in [9.17, 15) is 24.5 Å². The van der Waals surface area contributed by atoms with Crippen molar-refractivity contribution in [3.63, 3.8) is 0 Å². The van der Waals surface area contributed by atoms with Gasteiger partial charge in [0.15, 0.2) is 0 Å². The Hall–Kier alpha value is -3.82. The lowest BCUT2D eigenvalue weighted by molar-refractivity contribution is -0.384. The first kappa shape index (κ1) is 19.0. The molecule has 1 aromatic carbocycles. The normalized spacial score (nSPS) is 12.0. The number of nitrogens with one attached hydrogen (secondary N) is 1. The number of non-ortho nitro benzene ring substituents is 1. The number of nitrogens with zero attached hydrogens (tertiary/aromatic N) is 4. The molecule has 2 aromatic heterocycles. The number of hydrogen-bond acceptors (Lipinski definition) is 6. The van der Waals surface area contributed by atoms with Gasteiger partial charge in [-0.25, -0.2) is 9.78 Å².